The fourth-order valence-corrected chi connectivity index (χ4v) is 2.16. The van der Waals surface area contributed by atoms with Gasteiger partial charge in [-0.1, -0.05) is 6.42 Å². The van der Waals surface area contributed by atoms with Crippen molar-refractivity contribution in [3.05, 3.63) is 18.0 Å². The number of carbonyl (C=O) groups excluding carboxylic acids is 1. The van der Waals surface area contributed by atoms with E-state index in [1.807, 2.05) is 0 Å². The zero-order valence-corrected chi connectivity index (χ0v) is 11.9. The van der Waals surface area contributed by atoms with Gasteiger partial charge in [-0.2, -0.15) is 13.2 Å². The summed E-state index contributed by atoms with van der Waals surface area (Å²) in [5.41, 5.74) is -1.000. The summed E-state index contributed by atoms with van der Waals surface area (Å²) in [7, 11) is 0. The van der Waals surface area contributed by atoms with Crippen molar-refractivity contribution < 1.29 is 18.0 Å². The van der Waals surface area contributed by atoms with Crippen LogP contribution in [0.15, 0.2) is 12.3 Å². The number of nitrogens with one attached hydrogen (secondary N) is 3. The van der Waals surface area contributed by atoms with Crippen LogP contribution in [0.2, 0.25) is 0 Å². The minimum Gasteiger partial charge on any atom is -0.353 e. The van der Waals surface area contributed by atoms with Gasteiger partial charge in [0.05, 0.1) is 6.04 Å². The smallest absolute Gasteiger partial charge is 0.353 e. The SMILES string of the molecule is O=C(NCCNc1nccc(C(F)(F)F)n1)C1CCCCN1. The molecule has 1 atom stereocenters. The quantitative estimate of drug-likeness (QED) is 0.711. The molecule has 122 valence electrons. The molecule has 0 aromatic carbocycles. The highest BCUT2D eigenvalue weighted by Crippen LogP contribution is 2.27. The fourth-order valence-electron chi connectivity index (χ4n) is 2.16. The standard InChI is InChI=1S/C13H18F3N5O/c14-13(15,16)10-4-6-19-12(21-10)20-8-7-18-11(22)9-3-1-2-5-17-9/h4,6,9,17H,1-3,5,7-8H2,(H,18,22)(H,19,20,21). The average Bonchev–Trinajstić information content (AvgIpc) is 2.52. The van der Waals surface area contributed by atoms with E-state index in [-0.39, 0.29) is 31.0 Å². The maximum Gasteiger partial charge on any atom is 0.433 e. The summed E-state index contributed by atoms with van der Waals surface area (Å²) in [6, 6.07) is 0.625. The molecule has 2 rings (SSSR count). The van der Waals surface area contributed by atoms with E-state index < -0.39 is 11.9 Å². The van der Waals surface area contributed by atoms with Crippen LogP contribution in [-0.2, 0) is 11.0 Å². The lowest BCUT2D eigenvalue weighted by molar-refractivity contribution is -0.141. The van der Waals surface area contributed by atoms with Crippen LogP contribution in [0.25, 0.3) is 0 Å². The van der Waals surface area contributed by atoms with E-state index in [1.54, 1.807) is 0 Å². The summed E-state index contributed by atoms with van der Waals surface area (Å²) in [5, 5.41) is 8.50. The molecular formula is C13H18F3N5O. The molecule has 0 radical (unpaired) electrons. The maximum absolute atomic E-state index is 12.5. The molecule has 1 aromatic heterocycles. The Bertz CT molecular complexity index is 503. The lowest BCUT2D eigenvalue weighted by atomic mass is 10.0. The molecule has 0 bridgehead atoms. The van der Waals surface area contributed by atoms with Crippen LogP contribution in [0.3, 0.4) is 0 Å². The number of alkyl halides is 3. The van der Waals surface area contributed by atoms with Gasteiger partial charge in [0.1, 0.15) is 5.69 Å². The predicted molar refractivity (Wildman–Crippen MR) is 74.2 cm³/mol. The first-order valence-electron chi connectivity index (χ1n) is 7.12. The number of amides is 1. The molecule has 1 aliphatic heterocycles. The minimum absolute atomic E-state index is 0.0912. The molecule has 22 heavy (non-hydrogen) atoms. The lowest BCUT2D eigenvalue weighted by Gasteiger charge is -2.22. The number of piperidine rings is 1. The summed E-state index contributed by atoms with van der Waals surface area (Å²) in [5.74, 6) is -0.202. The Morgan fingerprint density at radius 2 is 2.18 bits per heavy atom. The third kappa shape index (κ3) is 4.83. The highest BCUT2D eigenvalue weighted by molar-refractivity contribution is 5.81. The largest absolute Gasteiger partial charge is 0.433 e. The number of hydrogen-bond acceptors (Lipinski definition) is 5. The van der Waals surface area contributed by atoms with Gasteiger partial charge >= 0.3 is 6.18 Å². The molecule has 1 aromatic rings. The molecule has 3 N–H and O–H groups in total. The van der Waals surface area contributed by atoms with Gasteiger partial charge < -0.3 is 16.0 Å². The second-order valence-electron chi connectivity index (χ2n) is 4.98. The van der Waals surface area contributed by atoms with Crippen molar-refractivity contribution in [1.82, 2.24) is 20.6 Å². The van der Waals surface area contributed by atoms with Gasteiger partial charge in [0.2, 0.25) is 11.9 Å². The number of carbonyl (C=O) groups is 1. The van der Waals surface area contributed by atoms with Crippen molar-refractivity contribution in [3.8, 4) is 0 Å². The molecule has 1 aliphatic rings. The lowest BCUT2D eigenvalue weighted by Crippen LogP contribution is -2.47. The van der Waals surface area contributed by atoms with Crippen molar-refractivity contribution in [1.29, 1.82) is 0 Å². The summed E-state index contributed by atoms with van der Waals surface area (Å²) in [6.07, 6.45) is -0.571. The molecular weight excluding hydrogens is 299 g/mol. The monoisotopic (exact) mass is 317 g/mol. The molecule has 0 saturated carbocycles. The third-order valence-corrected chi connectivity index (χ3v) is 3.28. The van der Waals surface area contributed by atoms with Crippen molar-refractivity contribution in [2.45, 2.75) is 31.5 Å². The second kappa shape index (κ2) is 7.39. The molecule has 1 unspecified atom stereocenters. The fraction of sp³-hybridized carbons (Fsp3) is 0.615. The van der Waals surface area contributed by atoms with Crippen LogP contribution in [0.5, 0.6) is 0 Å². The molecule has 1 amide bonds. The van der Waals surface area contributed by atoms with Gasteiger partial charge in [-0.05, 0) is 25.5 Å². The molecule has 0 spiro atoms. The summed E-state index contributed by atoms with van der Waals surface area (Å²) < 4.78 is 37.5. The van der Waals surface area contributed by atoms with E-state index >= 15 is 0 Å². The number of rotatable bonds is 5. The Labute approximate surface area is 125 Å². The van der Waals surface area contributed by atoms with Crippen LogP contribution >= 0.6 is 0 Å². The van der Waals surface area contributed by atoms with E-state index in [4.69, 9.17) is 0 Å². The summed E-state index contributed by atoms with van der Waals surface area (Å²) >= 11 is 0. The van der Waals surface area contributed by atoms with Crippen LogP contribution in [0.4, 0.5) is 19.1 Å². The normalized spacial score (nSPS) is 18.8. The van der Waals surface area contributed by atoms with E-state index in [0.717, 1.165) is 38.1 Å². The van der Waals surface area contributed by atoms with Gasteiger partial charge in [-0.25, -0.2) is 9.97 Å². The summed E-state index contributed by atoms with van der Waals surface area (Å²) in [4.78, 5) is 18.9. The van der Waals surface area contributed by atoms with E-state index in [9.17, 15) is 18.0 Å². The Kier molecular flexibility index (Phi) is 5.53. The Balaban J connectivity index is 1.73. The van der Waals surface area contributed by atoms with Crippen molar-refractivity contribution in [2.24, 2.45) is 0 Å². The zero-order valence-electron chi connectivity index (χ0n) is 11.9. The zero-order chi connectivity index (χ0) is 16.0. The summed E-state index contributed by atoms with van der Waals surface area (Å²) in [6.45, 7) is 1.37. The van der Waals surface area contributed by atoms with Crippen LogP contribution in [-0.4, -0.2) is 41.6 Å². The van der Waals surface area contributed by atoms with Gasteiger partial charge in [-0.3, -0.25) is 4.79 Å². The van der Waals surface area contributed by atoms with Crippen molar-refractivity contribution >= 4 is 11.9 Å². The molecule has 2 heterocycles. The van der Waals surface area contributed by atoms with E-state index in [1.165, 1.54) is 0 Å². The third-order valence-electron chi connectivity index (χ3n) is 3.28. The van der Waals surface area contributed by atoms with Gasteiger partial charge in [0.25, 0.3) is 0 Å². The van der Waals surface area contributed by atoms with E-state index in [2.05, 4.69) is 25.9 Å². The average molecular weight is 317 g/mol. The van der Waals surface area contributed by atoms with Crippen LogP contribution in [0.1, 0.15) is 25.0 Å². The van der Waals surface area contributed by atoms with Gasteiger partial charge in [0, 0.05) is 19.3 Å². The Morgan fingerprint density at radius 1 is 1.36 bits per heavy atom. The highest BCUT2D eigenvalue weighted by Gasteiger charge is 2.32. The Hall–Kier alpha value is -1.90. The number of halogens is 3. The topological polar surface area (TPSA) is 78.9 Å². The highest BCUT2D eigenvalue weighted by atomic mass is 19.4. The van der Waals surface area contributed by atoms with Gasteiger partial charge in [-0.15, -0.1) is 0 Å². The molecule has 0 aliphatic carbocycles. The van der Waals surface area contributed by atoms with E-state index in [0.29, 0.717) is 0 Å². The van der Waals surface area contributed by atoms with Crippen LogP contribution in [0, 0.1) is 0 Å². The van der Waals surface area contributed by atoms with Crippen molar-refractivity contribution in [2.75, 3.05) is 25.0 Å². The first-order chi connectivity index (χ1) is 10.5. The predicted octanol–water partition coefficient (Wildman–Crippen LogP) is 1.17. The second-order valence-corrected chi connectivity index (χ2v) is 4.98. The maximum atomic E-state index is 12.5. The Morgan fingerprint density at radius 3 is 2.86 bits per heavy atom. The molecule has 1 fully saturated rings. The number of hydrogen-bond donors (Lipinski definition) is 3. The van der Waals surface area contributed by atoms with Crippen LogP contribution < -0.4 is 16.0 Å². The molecule has 9 heteroatoms. The molecule has 6 nitrogen and oxygen atoms in total. The molecule has 1 saturated heterocycles. The number of anilines is 1. The first kappa shape index (κ1) is 16.5. The minimum atomic E-state index is -4.50. The van der Waals surface area contributed by atoms with Crippen molar-refractivity contribution in [3.63, 3.8) is 0 Å². The number of nitrogens with zero attached hydrogens (tertiary/aromatic N) is 2. The number of aromatic nitrogens is 2. The van der Waals surface area contributed by atoms with Gasteiger partial charge in [0.15, 0.2) is 0 Å². The first-order valence-corrected chi connectivity index (χ1v) is 7.12.